The summed E-state index contributed by atoms with van der Waals surface area (Å²) in [6.07, 6.45) is 0.714. The molecular formula is C19H22N2O4S. The summed E-state index contributed by atoms with van der Waals surface area (Å²) in [5.74, 6) is 0.159. The quantitative estimate of drug-likeness (QED) is 0.803. The Morgan fingerprint density at radius 1 is 1.15 bits per heavy atom. The number of fused-ring (bicyclic) bond motifs is 1. The number of amides is 1. The van der Waals surface area contributed by atoms with Gasteiger partial charge in [-0.1, -0.05) is 36.4 Å². The van der Waals surface area contributed by atoms with Crippen LogP contribution in [-0.2, 0) is 21.2 Å². The van der Waals surface area contributed by atoms with E-state index in [1.165, 1.54) is 4.31 Å². The van der Waals surface area contributed by atoms with Crippen molar-refractivity contribution in [3.05, 3.63) is 59.7 Å². The molecule has 0 aliphatic carbocycles. The molecule has 0 atom stereocenters. The van der Waals surface area contributed by atoms with Crippen molar-refractivity contribution < 1.29 is 17.9 Å². The SMILES string of the molecule is Cc1ccccc1OCC(=O)NCCS(=O)(=O)N1CCc2ccccc21. The third-order valence-corrected chi connectivity index (χ3v) is 6.09. The number of hydrogen-bond acceptors (Lipinski definition) is 4. The molecule has 2 aromatic rings. The summed E-state index contributed by atoms with van der Waals surface area (Å²) in [5, 5.41) is 2.61. The summed E-state index contributed by atoms with van der Waals surface area (Å²) >= 11 is 0. The molecule has 0 unspecified atom stereocenters. The number of carbonyl (C=O) groups is 1. The Balaban J connectivity index is 1.48. The fraction of sp³-hybridized carbons (Fsp3) is 0.316. The minimum atomic E-state index is -3.47. The van der Waals surface area contributed by atoms with Crippen LogP contribution in [0, 0.1) is 6.92 Å². The van der Waals surface area contributed by atoms with E-state index in [1.54, 1.807) is 6.07 Å². The van der Waals surface area contributed by atoms with Crippen LogP contribution in [0.3, 0.4) is 0 Å². The Labute approximate surface area is 153 Å². The maximum absolute atomic E-state index is 12.5. The fourth-order valence-corrected chi connectivity index (χ4v) is 4.37. The lowest BCUT2D eigenvalue weighted by atomic mass is 10.2. The number of aryl methyl sites for hydroxylation is 1. The summed E-state index contributed by atoms with van der Waals surface area (Å²) in [6, 6.07) is 14.9. The molecule has 138 valence electrons. The van der Waals surface area contributed by atoms with Gasteiger partial charge in [-0.2, -0.15) is 0 Å². The number of sulfonamides is 1. The van der Waals surface area contributed by atoms with Crippen LogP contribution in [-0.4, -0.2) is 39.8 Å². The van der Waals surface area contributed by atoms with E-state index in [-0.39, 0.29) is 24.8 Å². The first-order valence-corrected chi connectivity index (χ1v) is 10.1. The molecule has 0 spiro atoms. The Hall–Kier alpha value is -2.54. The molecule has 0 aromatic heterocycles. The van der Waals surface area contributed by atoms with Crippen molar-refractivity contribution in [3.63, 3.8) is 0 Å². The summed E-state index contributed by atoms with van der Waals surface area (Å²) in [4.78, 5) is 11.9. The normalized spacial score (nSPS) is 13.3. The summed E-state index contributed by atoms with van der Waals surface area (Å²) in [7, 11) is -3.47. The Kier molecular flexibility index (Phi) is 5.46. The van der Waals surface area contributed by atoms with Gasteiger partial charge in [-0.05, 0) is 36.6 Å². The van der Waals surface area contributed by atoms with Gasteiger partial charge in [0.15, 0.2) is 6.61 Å². The van der Waals surface area contributed by atoms with Crippen molar-refractivity contribution in [2.75, 3.05) is 29.8 Å². The molecule has 1 aliphatic heterocycles. The molecule has 0 saturated heterocycles. The molecule has 1 heterocycles. The Morgan fingerprint density at radius 3 is 2.69 bits per heavy atom. The van der Waals surface area contributed by atoms with Gasteiger partial charge >= 0.3 is 0 Å². The zero-order valence-corrected chi connectivity index (χ0v) is 15.5. The minimum Gasteiger partial charge on any atom is -0.484 e. The van der Waals surface area contributed by atoms with Crippen LogP contribution in [0.25, 0.3) is 0 Å². The topological polar surface area (TPSA) is 75.7 Å². The molecule has 2 aromatic carbocycles. The highest BCUT2D eigenvalue weighted by molar-refractivity contribution is 7.92. The van der Waals surface area contributed by atoms with E-state index in [9.17, 15) is 13.2 Å². The highest BCUT2D eigenvalue weighted by Crippen LogP contribution is 2.29. The van der Waals surface area contributed by atoms with Crippen LogP contribution >= 0.6 is 0 Å². The second-order valence-electron chi connectivity index (χ2n) is 6.17. The van der Waals surface area contributed by atoms with E-state index in [0.717, 1.165) is 16.8 Å². The Morgan fingerprint density at radius 2 is 1.88 bits per heavy atom. The molecule has 3 rings (SSSR count). The average Bonchev–Trinajstić information content (AvgIpc) is 3.06. The number of carbonyl (C=O) groups excluding carboxylic acids is 1. The molecule has 1 aliphatic rings. The molecule has 7 heteroatoms. The van der Waals surface area contributed by atoms with E-state index >= 15 is 0 Å². The first kappa shape index (κ1) is 18.3. The largest absolute Gasteiger partial charge is 0.484 e. The number of anilines is 1. The van der Waals surface area contributed by atoms with Crippen LogP contribution in [0.1, 0.15) is 11.1 Å². The van der Waals surface area contributed by atoms with E-state index < -0.39 is 10.0 Å². The van der Waals surface area contributed by atoms with Crippen LogP contribution in [0.2, 0.25) is 0 Å². The Bertz CT molecular complexity index is 896. The highest BCUT2D eigenvalue weighted by Gasteiger charge is 2.28. The number of ether oxygens (including phenoxy) is 1. The number of benzene rings is 2. The van der Waals surface area contributed by atoms with Gasteiger partial charge < -0.3 is 10.1 Å². The van der Waals surface area contributed by atoms with Gasteiger partial charge in [-0.25, -0.2) is 8.42 Å². The van der Waals surface area contributed by atoms with Crippen LogP contribution in [0.15, 0.2) is 48.5 Å². The molecule has 1 amide bonds. The van der Waals surface area contributed by atoms with Gasteiger partial charge in [-0.15, -0.1) is 0 Å². The van der Waals surface area contributed by atoms with Crippen LogP contribution in [0.4, 0.5) is 5.69 Å². The lowest BCUT2D eigenvalue weighted by Crippen LogP contribution is -2.38. The van der Waals surface area contributed by atoms with Crippen molar-refractivity contribution in [3.8, 4) is 5.75 Å². The number of hydrogen-bond donors (Lipinski definition) is 1. The zero-order valence-electron chi connectivity index (χ0n) is 14.6. The predicted octanol–water partition coefficient (Wildman–Crippen LogP) is 1.88. The third kappa shape index (κ3) is 4.16. The van der Waals surface area contributed by atoms with E-state index in [2.05, 4.69) is 5.32 Å². The van der Waals surface area contributed by atoms with Crippen molar-refractivity contribution in [2.45, 2.75) is 13.3 Å². The van der Waals surface area contributed by atoms with E-state index in [1.807, 2.05) is 49.4 Å². The molecule has 26 heavy (non-hydrogen) atoms. The number of nitrogens with zero attached hydrogens (tertiary/aromatic N) is 1. The third-order valence-electron chi connectivity index (χ3n) is 4.31. The number of para-hydroxylation sites is 2. The summed E-state index contributed by atoms with van der Waals surface area (Å²) in [6.45, 7) is 2.26. The van der Waals surface area contributed by atoms with Gasteiger partial charge in [0, 0.05) is 13.1 Å². The number of nitrogens with one attached hydrogen (secondary N) is 1. The second kappa shape index (κ2) is 7.78. The van der Waals surface area contributed by atoms with Gasteiger partial charge in [0.05, 0.1) is 11.4 Å². The second-order valence-corrected chi connectivity index (χ2v) is 8.18. The molecule has 6 nitrogen and oxygen atoms in total. The monoisotopic (exact) mass is 374 g/mol. The van der Waals surface area contributed by atoms with Gasteiger partial charge in [-0.3, -0.25) is 9.10 Å². The number of rotatable bonds is 7. The molecule has 0 bridgehead atoms. The highest BCUT2D eigenvalue weighted by atomic mass is 32.2. The first-order valence-electron chi connectivity index (χ1n) is 8.51. The van der Waals surface area contributed by atoms with Gasteiger partial charge in [0.25, 0.3) is 5.91 Å². The molecule has 0 fully saturated rings. The smallest absolute Gasteiger partial charge is 0.257 e. The summed E-state index contributed by atoms with van der Waals surface area (Å²) in [5.41, 5.74) is 2.71. The van der Waals surface area contributed by atoms with Gasteiger partial charge in [0.2, 0.25) is 10.0 Å². The minimum absolute atomic E-state index is 0.0525. The molecule has 0 saturated carbocycles. The van der Waals surface area contributed by atoms with Crippen molar-refractivity contribution >= 4 is 21.6 Å². The van der Waals surface area contributed by atoms with E-state index in [0.29, 0.717) is 18.7 Å². The predicted molar refractivity (Wildman–Crippen MR) is 101 cm³/mol. The fourth-order valence-electron chi connectivity index (χ4n) is 2.94. The molecule has 0 radical (unpaired) electrons. The zero-order chi connectivity index (χ0) is 18.6. The van der Waals surface area contributed by atoms with Gasteiger partial charge in [0.1, 0.15) is 5.75 Å². The van der Waals surface area contributed by atoms with Crippen molar-refractivity contribution in [2.24, 2.45) is 0 Å². The molecular weight excluding hydrogens is 352 g/mol. The lowest BCUT2D eigenvalue weighted by Gasteiger charge is -2.19. The average molecular weight is 374 g/mol. The lowest BCUT2D eigenvalue weighted by molar-refractivity contribution is -0.122. The summed E-state index contributed by atoms with van der Waals surface area (Å²) < 4.78 is 32.0. The maximum Gasteiger partial charge on any atom is 0.257 e. The van der Waals surface area contributed by atoms with Crippen LogP contribution in [0.5, 0.6) is 5.75 Å². The standard InChI is InChI=1S/C19H22N2O4S/c1-15-6-2-5-9-18(15)25-14-19(22)20-11-13-26(23,24)21-12-10-16-7-3-4-8-17(16)21/h2-9H,10-14H2,1H3,(H,20,22). The van der Waals surface area contributed by atoms with Crippen molar-refractivity contribution in [1.29, 1.82) is 0 Å². The molecule has 1 N–H and O–H groups in total. The van der Waals surface area contributed by atoms with Crippen LogP contribution < -0.4 is 14.4 Å². The van der Waals surface area contributed by atoms with Crippen molar-refractivity contribution in [1.82, 2.24) is 5.32 Å². The maximum atomic E-state index is 12.5. The first-order chi connectivity index (χ1) is 12.5. The van der Waals surface area contributed by atoms with E-state index in [4.69, 9.17) is 4.74 Å².